The van der Waals surface area contributed by atoms with Gasteiger partial charge in [0.15, 0.2) is 0 Å². The molecule has 4 rings (SSSR count). The minimum Gasteiger partial charge on any atom is -0.481 e. The molecule has 0 aliphatic heterocycles. The van der Waals surface area contributed by atoms with Gasteiger partial charge >= 0.3 is 5.97 Å². The van der Waals surface area contributed by atoms with E-state index in [2.05, 4.69) is 36.4 Å². The zero-order valence-corrected chi connectivity index (χ0v) is 18.7. The maximum absolute atomic E-state index is 10.8. The fourth-order valence-corrected chi connectivity index (χ4v) is 4.64. The number of carbonyl (C=O) groups is 1. The summed E-state index contributed by atoms with van der Waals surface area (Å²) < 4.78 is 0. The molecule has 170 valence electrons. The van der Waals surface area contributed by atoms with Crippen molar-refractivity contribution in [3.8, 4) is 22.4 Å². The van der Waals surface area contributed by atoms with Crippen LogP contribution >= 0.6 is 0 Å². The van der Waals surface area contributed by atoms with E-state index < -0.39 is 18.2 Å². The standard InChI is InChI=1S/C28H29NO4/c1-18-23(15-14-21(30)16-22(31)17-26(32)33)27(20-9-3-2-4-10-20)25-13-7-11-19-8-5-6-12-24(19)28(25)29-18/h2-6,8-10,12,14-15,21-22,30-31H,7,11,13,16-17H2,1H3,(H,32,33)/b15-14+. The summed E-state index contributed by atoms with van der Waals surface area (Å²) in [6.45, 7) is 1.98. The fourth-order valence-electron chi connectivity index (χ4n) is 4.64. The molecule has 0 radical (unpaired) electrons. The lowest BCUT2D eigenvalue weighted by Gasteiger charge is -2.19. The molecule has 3 N–H and O–H groups in total. The van der Waals surface area contributed by atoms with E-state index in [9.17, 15) is 15.0 Å². The van der Waals surface area contributed by atoms with E-state index in [-0.39, 0.29) is 12.8 Å². The summed E-state index contributed by atoms with van der Waals surface area (Å²) >= 11 is 0. The molecular weight excluding hydrogens is 414 g/mol. The Bertz CT molecular complexity index is 1170. The van der Waals surface area contributed by atoms with Crippen molar-refractivity contribution < 1.29 is 20.1 Å². The van der Waals surface area contributed by atoms with E-state index in [1.54, 1.807) is 6.08 Å². The fraction of sp³-hybridized carbons (Fsp3) is 0.286. The first-order chi connectivity index (χ1) is 15.9. The number of carboxylic acid groups (broad SMARTS) is 1. The van der Waals surface area contributed by atoms with Crippen LogP contribution in [0.15, 0.2) is 60.7 Å². The van der Waals surface area contributed by atoms with Gasteiger partial charge in [0.05, 0.1) is 24.3 Å². The van der Waals surface area contributed by atoms with Crippen molar-refractivity contribution in [1.29, 1.82) is 0 Å². The molecule has 1 heterocycles. The van der Waals surface area contributed by atoms with E-state index >= 15 is 0 Å². The number of benzene rings is 2. The van der Waals surface area contributed by atoms with Gasteiger partial charge in [0.25, 0.3) is 0 Å². The minimum atomic E-state index is -1.10. The Morgan fingerprint density at radius 3 is 2.55 bits per heavy atom. The molecule has 1 aromatic heterocycles. The van der Waals surface area contributed by atoms with Gasteiger partial charge in [-0.2, -0.15) is 0 Å². The normalized spacial score (nSPS) is 14.9. The summed E-state index contributed by atoms with van der Waals surface area (Å²) in [6.07, 6.45) is 3.95. The van der Waals surface area contributed by atoms with Crippen molar-refractivity contribution in [3.63, 3.8) is 0 Å². The van der Waals surface area contributed by atoms with E-state index in [0.29, 0.717) is 0 Å². The number of nitrogens with zero attached hydrogens (tertiary/aromatic N) is 1. The molecule has 0 spiro atoms. The maximum atomic E-state index is 10.8. The summed E-state index contributed by atoms with van der Waals surface area (Å²) in [7, 11) is 0. The maximum Gasteiger partial charge on any atom is 0.305 e. The number of aromatic nitrogens is 1. The summed E-state index contributed by atoms with van der Waals surface area (Å²) in [4.78, 5) is 15.8. The molecule has 33 heavy (non-hydrogen) atoms. The Kier molecular flexibility index (Phi) is 7.02. The van der Waals surface area contributed by atoms with Gasteiger partial charge in [0.1, 0.15) is 0 Å². The Hall–Kier alpha value is -3.28. The second-order valence-electron chi connectivity index (χ2n) is 8.60. The Balaban J connectivity index is 1.80. The lowest BCUT2D eigenvalue weighted by molar-refractivity contribution is -0.139. The summed E-state index contributed by atoms with van der Waals surface area (Å²) in [6, 6.07) is 18.7. The van der Waals surface area contributed by atoms with Crippen LogP contribution in [-0.2, 0) is 17.6 Å². The molecule has 5 heteroatoms. The topological polar surface area (TPSA) is 90.7 Å². The second-order valence-corrected chi connectivity index (χ2v) is 8.60. The van der Waals surface area contributed by atoms with Crippen molar-refractivity contribution in [2.24, 2.45) is 0 Å². The number of rotatable bonds is 7. The van der Waals surface area contributed by atoms with Gasteiger partial charge < -0.3 is 15.3 Å². The third-order valence-electron chi connectivity index (χ3n) is 6.14. The van der Waals surface area contributed by atoms with Gasteiger partial charge in [0, 0.05) is 23.2 Å². The van der Waals surface area contributed by atoms with Crippen LogP contribution in [0.5, 0.6) is 0 Å². The van der Waals surface area contributed by atoms with E-state index in [1.807, 2.05) is 31.2 Å². The number of aliphatic hydroxyl groups is 2. The van der Waals surface area contributed by atoms with Gasteiger partial charge in [-0.15, -0.1) is 0 Å². The smallest absolute Gasteiger partial charge is 0.305 e. The Morgan fingerprint density at radius 2 is 1.79 bits per heavy atom. The molecule has 0 saturated heterocycles. The monoisotopic (exact) mass is 443 g/mol. The van der Waals surface area contributed by atoms with Gasteiger partial charge in [-0.3, -0.25) is 9.78 Å². The Labute approximate surface area is 194 Å². The third kappa shape index (κ3) is 5.21. The highest BCUT2D eigenvalue weighted by Gasteiger charge is 2.23. The molecular formula is C28H29NO4. The average Bonchev–Trinajstić information content (AvgIpc) is 2.96. The lowest BCUT2D eigenvalue weighted by Crippen LogP contribution is -2.19. The number of pyridine rings is 1. The highest BCUT2D eigenvalue weighted by atomic mass is 16.4. The number of aliphatic carboxylic acids is 1. The quantitative estimate of drug-likeness (QED) is 0.487. The molecule has 0 bridgehead atoms. The van der Waals surface area contributed by atoms with Crippen LogP contribution in [0, 0.1) is 6.92 Å². The summed E-state index contributed by atoms with van der Waals surface area (Å²) in [5.41, 5.74) is 8.73. The van der Waals surface area contributed by atoms with Crippen molar-refractivity contribution in [3.05, 3.63) is 83.1 Å². The molecule has 0 amide bonds. The van der Waals surface area contributed by atoms with Crippen LogP contribution in [0.3, 0.4) is 0 Å². The first-order valence-corrected chi connectivity index (χ1v) is 11.4. The van der Waals surface area contributed by atoms with Crippen LogP contribution in [-0.4, -0.2) is 38.5 Å². The molecule has 2 aromatic carbocycles. The molecule has 5 nitrogen and oxygen atoms in total. The van der Waals surface area contributed by atoms with Crippen molar-refractivity contribution >= 4 is 12.0 Å². The summed E-state index contributed by atoms with van der Waals surface area (Å²) in [5.74, 6) is -1.09. The predicted molar refractivity (Wildman–Crippen MR) is 130 cm³/mol. The predicted octanol–water partition coefficient (Wildman–Crippen LogP) is 4.81. The number of hydrogen-bond donors (Lipinski definition) is 3. The van der Waals surface area contributed by atoms with Crippen LogP contribution in [0.2, 0.25) is 0 Å². The van der Waals surface area contributed by atoms with Gasteiger partial charge in [0.2, 0.25) is 0 Å². The van der Waals surface area contributed by atoms with Crippen LogP contribution in [0.4, 0.5) is 0 Å². The minimum absolute atomic E-state index is 0.0335. The molecule has 2 unspecified atom stereocenters. The lowest BCUT2D eigenvalue weighted by atomic mass is 9.89. The molecule has 0 fully saturated rings. The zero-order chi connectivity index (χ0) is 23.4. The van der Waals surface area contributed by atoms with Crippen molar-refractivity contribution in [1.82, 2.24) is 4.98 Å². The number of fused-ring (bicyclic) bond motifs is 3. The zero-order valence-electron chi connectivity index (χ0n) is 18.7. The molecule has 0 saturated carbocycles. The van der Waals surface area contributed by atoms with E-state index in [0.717, 1.165) is 47.3 Å². The summed E-state index contributed by atoms with van der Waals surface area (Å²) in [5, 5.41) is 29.1. The molecule has 3 aromatic rings. The molecule has 1 aliphatic rings. The van der Waals surface area contributed by atoms with Crippen LogP contribution in [0.25, 0.3) is 28.5 Å². The van der Waals surface area contributed by atoms with Gasteiger partial charge in [-0.05, 0) is 48.4 Å². The Morgan fingerprint density at radius 1 is 1.06 bits per heavy atom. The number of hydrogen-bond acceptors (Lipinski definition) is 4. The number of aliphatic hydroxyl groups excluding tert-OH is 2. The molecule has 1 aliphatic carbocycles. The first kappa shape index (κ1) is 22.9. The SMILES string of the molecule is Cc1nc2c(c(-c3ccccc3)c1/C=C/C(O)CC(O)CC(=O)O)CCCc1ccccc1-2. The van der Waals surface area contributed by atoms with Crippen molar-refractivity contribution in [2.75, 3.05) is 0 Å². The average molecular weight is 444 g/mol. The largest absolute Gasteiger partial charge is 0.481 e. The number of aryl methyl sites for hydroxylation is 2. The van der Waals surface area contributed by atoms with E-state index in [4.69, 9.17) is 10.1 Å². The highest BCUT2D eigenvalue weighted by molar-refractivity contribution is 5.85. The van der Waals surface area contributed by atoms with Gasteiger partial charge in [-0.1, -0.05) is 66.7 Å². The van der Waals surface area contributed by atoms with Gasteiger partial charge in [-0.25, -0.2) is 0 Å². The van der Waals surface area contributed by atoms with Crippen LogP contribution < -0.4 is 0 Å². The van der Waals surface area contributed by atoms with Crippen molar-refractivity contribution in [2.45, 2.75) is 51.2 Å². The second kappa shape index (κ2) is 10.1. The van der Waals surface area contributed by atoms with Crippen LogP contribution in [0.1, 0.15) is 41.6 Å². The first-order valence-electron chi connectivity index (χ1n) is 11.4. The molecule has 2 atom stereocenters. The van der Waals surface area contributed by atoms with E-state index in [1.165, 1.54) is 16.7 Å². The highest BCUT2D eigenvalue weighted by Crippen LogP contribution is 2.40. The number of carboxylic acids is 1. The third-order valence-corrected chi connectivity index (χ3v) is 6.14.